The van der Waals surface area contributed by atoms with Gasteiger partial charge in [0, 0.05) is 25.0 Å². The molecule has 0 aliphatic heterocycles. The maximum Gasteiger partial charge on any atom is 0.222 e. The number of nitrogens with one attached hydrogen (secondary N) is 1. The first kappa shape index (κ1) is 10.9. The van der Waals surface area contributed by atoms with E-state index in [4.69, 9.17) is 5.11 Å². The van der Waals surface area contributed by atoms with Gasteiger partial charge in [-0.2, -0.15) is 0 Å². The number of aliphatic hydroxyl groups is 1. The fraction of sp³-hybridized carbons (Fsp3) is 0.600. The zero-order valence-corrected chi connectivity index (χ0v) is 8.64. The predicted octanol–water partition coefficient (Wildman–Crippen LogP) is 1.30. The van der Waals surface area contributed by atoms with E-state index in [1.165, 1.54) is 0 Å². The number of rotatable bonds is 5. The molecule has 1 heterocycles. The van der Waals surface area contributed by atoms with Crippen molar-refractivity contribution in [1.29, 1.82) is 0 Å². The molecule has 0 bridgehead atoms. The molecule has 0 saturated carbocycles. The Morgan fingerprint density at radius 2 is 2.00 bits per heavy atom. The lowest BCUT2D eigenvalue weighted by Gasteiger charge is -2.21. The Labute approximate surface area is 84.4 Å². The van der Waals surface area contributed by atoms with Crippen molar-refractivity contribution in [1.82, 2.24) is 9.97 Å². The van der Waals surface area contributed by atoms with Crippen LogP contribution in [0.15, 0.2) is 18.5 Å². The van der Waals surface area contributed by atoms with E-state index in [0.29, 0.717) is 11.9 Å². The van der Waals surface area contributed by atoms with Crippen LogP contribution in [-0.4, -0.2) is 27.7 Å². The summed E-state index contributed by atoms with van der Waals surface area (Å²) < 4.78 is 0. The first-order valence-electron chi connectivity index (χ1n) is 4.88. The Morgan fingerprint density at radius 3 is 2.50 bits per heavy atom. The Balaban J connectivity index is 2.55. The molecule has 0 aliphatic rings. The maximum atomic E-state index is 8.88. The van der Waals surface area contributed by atoms with Gasteiger partial charge in [0.1, 0.15) is 0 Å². The first-order chi connectivity index (χ1) is 6.74. The molecule has 1 aromatic rings. The van der Waals surface area contributed by atoms with Gasteiger partial charge in [0.15, 0.2) is 0 Å². The van der Waals surface area contributed by atoms with Crippen molar-refractivity contribution in [2.24, 2.45) is 5.92 Å². The SMILES string of the molecule is CC(C)C(CCO)Nc1ncccn1. The lowest BCUT2D eigenvalue weighted by atomic mass is 10.0. The summed E-state index contributed by atoms with van der Waals surface area (Å²) in [4.78, 5) is 8.16. The average molecular weight is 195 g/mol. The van der Waals surface area contributed by atoms with Crippen LogP contribution < -0.4 is 5.32 Å². The van der Waals surface area contributed by atoms with Crippen molar-refractivity contribution >= 4 is 5.95 Å². The Morgan fingerprint density at radius 1 is 1.36 bits per heavy atom. The summed E-state index contributed by atoms with van der Waals surface area (Å²) in [6, 6.07) is 2.00. The molecular weight excluding hydrogens is 178 g/mol. The van der Waals surface area contributed by atoms with Crippen LogP contribution in [0.4, 0.5) is 5.95 Å². The lowest BCUT2D eigenvalue weighted by molar-refractivity contribution is 0.267. The van der Waals surface area contributed by atoms with E-state index in [2.05, 4.69) is 29.1 Å². The second-order valence-electron chi connectivity index (χ2n) is 3.58. The van der Waals surface area contributed by atoms with Crippen LogP contribution in [-0.2, 0) is 0 Å². The molecular formula is C10H17N3O. The van der Waals surface area contributed by atoms with E-state index < -0.39 is 0 Å². The van der Waals surface area contributed by atoms with Gasteiger partial charge in [-0.25, -0.2) is 9.97 Å². The minimum Gasteiger partial charge on any atom is -0.396 e. The molecule has 0 spiro atoms. The average Bonchev–Trinajstić information content (AvgIpc) is 2.18. The largest absolute Gasteiger partial charge is 0.396 e. The second-order valence-corrected chi connectivity index (χ2v) is 3.58. The molecule has 0 amide bonds. The van der Waals surface area contributed by atoms with Crippen molar-refractivity contribution in [2.45, 2.75) is 26.3 Å². The van der Waals surface area contributed by atoms with Crippen LogP contribution in [0.1, 0.15) is 20.3 Å². The highest BCUT2D eigenvalue weighted by atomic mass is 16.3. The van der Waals surface area contributed by atoms with Crippen LogP contribution >= 0.6 is 0 Å². The minimum atomic E-state index is 0.183. The molecule has 1 rings (SSSR count). The van der Waals surface area contributed by atoms with E-state index in [1.54, 1.807) is 18.5 Å². The van der Waals surface area contributed by atoms with E-state index in [1.807, 2.05) is 0 Å². The molecule has 14 heavy (non-hydrogen) atoms. The number of nitrogens with zero attached hydrogens (tertiary/aromatic N) is 2. The highest BCUT2D eigenvalue weighted by molar-refractivity contribution is 5.24. The molecule has 2 N–H and O–H groups in total. The third kappa shape index (κ3) is 3.30. The smallest absolute Gasteiger partial charge is 0.222 e. The zero-order valence-electron chi connectivity index (χ0n) is 8.64. The topological polar surface area (TPSA) is 58.0 Å². The predicted molar refractivity (Wildman–Crippen MR) is 56.0 cm³/mol. The number of anilines is 1. The first-order valence-corrected chi connectivity index (χ1v) is 4.88. The van der Waals surface area contributed by atoms with Gasteiger partial charge in [-0.15, -0.1) is 0 Å². The zero-order chi connectivity index (χ0) is 10.4. The summed E-state index contributed by atoms with van der Waals surface area (Å²) in [5.41, 5.74) is 0. The highest BCUT2D eigenvalue weighted by Gasteiger charge is 2.12. The Bertz CT molecular complexity index is 251. The monoisotopic (exact) mass is 195 g/mol. The van der Waals surface area contributed by atoms with Crippen LogP contribution in [0.25, 0.3) is 0 Å². The Kier molecular flexibility index (Phi) is 4.32. The molecule has 0 radical (unpaired) electrons. The molecule has 1 aromatic heterocycles. The van der Waals surface area contributed by atoms with Crippen LogP contribution in [0, 0.1) is 5.92 Å². The van der Waals surface area contributed by atoms with E-state index in [0.717, 1.165) is 6.42 Å². The van der Waals surface area contributed by atoms with Crippen molar-refractivity contribution in [3.8, 4) is 0 Å². The summed E-state index contributed by atoms with van der Waals surface area (Å²) in [6.07, 6.45) is 4.12. The number of aliphatic hydroxyl groups excluding tert-OH is 1. The third-order valence-electron chi connectivity index (χ3n) is 2.13. The number of aromatic nitrogens is 2. The van der Waals surface area contributed by atoms with Gasteiger partial charge in [0.25, 0.3) is 0 Å². The molecule has 0 aliphatic carbocycles. The van der Waals surface area contributed by atoms with Gasteiger partial charge in [-0.3, -0.25) is 0 Å². The fourth-order valence-electron chi connectivity index (χ4n) is 1.25. The quantitative estimate of drug-likeness (QED) is 0.743. The van der Waals surface area contributed by atoms with E-state index in [-0.39, 0.29) is 12.6 Å². The van der Waals surface area contributed by atoms with E-state index in [9.17, 15) is 0 Å². The molecule has 78 valence electrons. The second kappa shape index (κ2) is 5.54. The normalized spacial score (nSPS) is 12.9. The van der Waals surface area contributed by atoms with Crippen molar-refractivity contribution in [2.75, 3.05) is 11.9 Å². The fourth-order valence-corrected chi connectivity index (χ4v) is 1.25. The Hall–Kier alpha value is -1.16. The molecule has 0 aromatic carbocycles. The highest BCUT2D eigenvalue weighted by Crippen LogP contribution is 2.10. The summed E-state index contributed by atoms with van der Waals surface area (Å²) in [5.74, 6) is 1.07. The van der Waals surface area contributed by atoms with Crippen LogP contribution in [0.2, 0.25) is 0 Å². The van der Waals surface area contributed by atoms with Crippen LogP contribution in [0.5, 0.6) is 0 Å². The molecule has 0 saturated heterocycles. The van der Waals surface area contributed by atoms with Gasteiger partial charge in [0.2, 0.25) is 5.95 Å². The van der Waals surface area contributed by atoms with Crippen molar-refractivity contribution < 1.29 is 5.11 Å². The molecule has 1 unspecified atom stereocenters. The molecule has 1 atom stereocenters. The maximum absolute atomic E-state index is 8.88. The molecule has 4 nitrogen and oxygen atoms in total. The third-order valence-corrected chi connectivity index (χ3v) is 2.13. The van der Waals surface area contributed by atoms with Crippen LogP contribution in [0.3, 0.4) is 0 Å². The van der Waals surface area contributed by atoms with Crippen molar-refractivity contribution in [3.05, 3.63) is 18.5 Å². The van der Waals surface area contributed by atoms with Gasteiger partial charge in [-0.1, -0.05) is 13.8 Å². The molecule has 4 heteroatoms. The van der Waals surface area contributed by atoms with Gasteiger partial charge in [0.05, 0.1) is 0 Å². The van der Waals surface area contributed by atoms with Gasteiger partial charge in [-0.05, 0) is 18.4 Å². The van der Waals surface area contributed by atoms with E-state index >= 15 is 0 Å². The number of hydrogen-bond acceptors (Lipinski definition) is 4. The minimum absolute atomic E-state index is 0.183. The number of hydrogen-bond donors (Lipinski definition) is 2. The van der Waals surface area contributed by atoms with Gasteiger partial charge < -0.3 is 10.4 Å². The lowest BCUT2D eigenvalue weighted by Crippen LogP contribution is -2.27. The van der Waals surface area contributed by atoms with Crippen molar-refractivity contribution in [3.63, 3.8) is 0 Å². The molecule has 0 fully saturated rings. The standard InChI is InChI=1S/C10H17N3O/c1-8(2)9(4-7-14)13-10-11-5-3-6-12-10/h3,5-6,8-9,14H,4,7H2,1-2H3,(H,11,12,13). The van der Waals surface area contributed by atoms with Gasteiger partial charge >= 0.3 is 0 Å². The summed E-state index contributed by atoms with van der Waals surface area (Å²) in [6.45, 7) is 4.40. The summed E-state index contributed by atoms with van der Waals surface area (Å²) in [5, 5.41) is 12.1. The summed E-state index contributed by atoms with van der Waals surface area (Å²) in [7, 11) is 0. The summed E-state index contributed by atoms with van der Waals surface area (Å²) >= 11 is 0.